The first-order valence-corrected chi connectivity index (χ1v) is 8.59. The molecule has 4 rings (SSSR count). The van der Waals surface area contributed by atoms with Crippen molar-refractivity contribution in [2.75, 3.05) is 24.5 Å². The quantitative estimate of drug-likeness (QED) is 0.870. The third-order valence-corrected chi connectivity index (χ3v) is 5.23. The number of hydrogen-bond acceptors (Lipinski definition) is 4. The summed E-state index contributed by atoms with van der Waals surface area (Å²) in [6, 6.07) is 8.23. The largest absolute Gasteiger partial charge is 0.365 e. The maximum absolute atomic E-state index is 12.1. The molecule has 124 valence electrons. The highest BCUT2D eigenvalue weighted by Crippen LogP contribution is 2.45. The van der Waals surface area contributed by atoms with Crippen LogP contribution in [0.25, 0.3) is 0 Å². The van der Waals surface area contributed by atoms with Crippen LogP contribution in [0.2, 0.25) is 0 Å². The van der Waals surface area contributed by atoms with E-state index in [0.29, 0.717) is 6.42 Å². The van der Waals surface area contributed by atoms with E-state index in [4.69, 9.17) is 4.98 Å². The van der Waals surface area contributed by atoms with Gasteiger partial charge in [0.15, 0.2) is 0 Å². The number of likely N-dealkylation sites (tertiary alicyclic amines) is 1. The highest BCUT2D eigenvalue weighted by molar-refractivity contribution is 5.77. The van der Waals surface area contributed by atoms with Gasteiger partial charge < -0.3 is 9.80 Å². The van der Waals surface area contributed by atoms with Crippen molar-refractivity contribution in [3.63, 3.8) is 0 Å². The highest BCUT2D eigenvalue weighted by atomic mass is 16.2. The SMILES string of the molecule is CCC(=O)N1CC[C@@]2(C1)CN(Cc1cccnc1)c1cccnc12. The number of hydrogen-bond donors (Lipinski definition) is 0. The number of pyridine rings is 2. The summed E-state index contributed by atoms with van der Waals surface area (Å²) in [6.45, 7) is 5.30. The van der Waals surface area contributed by atoms with Crippen molar-refractivity contribution < 1.29 is 4.79 Å². The summed E-state index contributed by atoms with van der Waals surface area (Å²) < 4.78 is 0. The van der Waals surface area contributed by atoms with Crippen LogP contribution in [0.5, 0.6) is 0 Å². The molecule has 0 bridgehead atoms. The van der Waals surface area contributed by atoms with Gasteiger partial charge in [0.2, 0.25) is 5.91 Å². The molecule has 24 heavy (non-hydrogen) atoms. The second-order valence-corrected chi connectivity index (χ2v) is 6.79. The first-order valence-electron chi connectivity index (χ1n) is 8.59. The number of fused-ring (bicyclic) bond motifs is 2. The molecule has 0 unspecified atom stereocenters. The van der Waals surface area contributed by atoms with Crippen LogP contribution < -0.4 is 4.90 Å². The molecule has 4 heterocycles. The average molecular weight is 322 g/mol. The van der Waals surface area contributed by atoms with Gasteiger partial charge >= 0.3 is 0 Å². The van der Waals surface area contributed by atoms with Gasteiger partial charge in [-0.2, -0.15) is 0 Å². The van der Waals surface area contributed by atoms with Gasteiger partial charge in [-0.1, -0.05) is 13.0 Å². The van der Waals surface area contributed by atoms with Gasteiger partial charge in [0.1, 0.15) is 0 Å². The number of nitrogens with zero attached hydrogens (tertiary/aromatic N) is 4. The van der Waals surface area contributed by atoms with Crippen molar-refractivity contribution >= 4 is 11.6 Å². The molecule has 0 N–H and O–H groups in total. The minimum absolute atomic E-state index is 0.0242. The zero-order chi connectivity index (χ0) is 16.6. The monoisotopic (exact) mass is 322 g/mol. The molecule has 1 amide bonds. The van der Waals surface area contributed by atoms with Gasteiger partial charge in [0.05, 0.1) is 16.8 Å². The molecule has 1 fully saturated rings. The van der Waals surface area contributed by atoms with Crippen molar-refractivity contribution in [2.45, 2.75) is 31.7 Å². The Balaban J connectivity index is 1.63. The standard InChI is InChI=1S/C19H22N4O/c1-2-17(24)22-10-7-19(13-22)14-23(12-15-5-3-8-20-11-15)16-6-4-9-21-18(16)19/h3-6,8-9,11H,2,7,10,12-14H2,1H3/t19-/m1/s1. The summed E-state index contributed by atoms with van der Waals surface area (Å²) in [5.74, 6) is 0.245. The summed E-state index contributed by atoms with van der Waals surface area (Å²) in [7, 11) is 0. The minimum Gasteiger partial charge on any atom is -0.365 e. The molecule has 0 aromatic carbocycles. The molecule has 1 atom stereocenters. The van der Waals surface area contributed by atoms with E-state index >= 15 is 0 Å². The lowest BCUT2D eigenvalue weighted by Gasteiger charge is -2.25. The Morgan fingerprint density at radius 2 is 2.12 bits per heavy atom. The van der Waals surface area contributed by atoms with Gasteiger partial charge in [-0.15, -0.1) is 0 Å². The van der Waals surface area contributed by atoms with Gasteiger partial charge in [-0.25, -0.2) is 0 Å². The van der Waals surface area contributed by atoms with E-state index in [1.165, 1.54) is 11.3 Å². The molecule has 2 aromatic heterocycles. The van der Waals surface area contributed by atoms with Crippen LogP contribution >= 0.6 is 0 Å². The number of anilines is 1. The fourth-order valence-electron chi connectivity index (χ4n) is 4.07. The Morgan fingerprint density at radius 1 is 1.25 bits per heavy atom. The summed E-state index contributed by atoms with van der Waals surface area (Å²) in [6.07, 6.45) is 7.16. The lowest BCUT2D eigenvalue weighted by Crippen LogP contribution is -2.38. The molecule has 2 aliphatic rings. The lowest BCUT2D eigenvalue weighted by atomic mass is 9.85. The molecular formula is C19H22N4O. The fourth-order valence-corrected chi connectivity index (χ4v) is 4.07. The van der Waals surface area contributed by atoms with Gasteiger partial charge in [0.25, 0.3) is 0 Å². The predicted octanol–water partition coefficient (Wildman–Crippen LogP) is 2.38. The highest BCUT2D eigenvalue weighted by Gasteiger charge is 2.49. The maximum atomic E-state index is 12.1. The van der Waals surface area contributed by atoms with Crippen LogP contribution in [-0.4, -0.2) is 40.4 Å². The van der Waals surface area contributed by atoms with Gasteiger partial charge in [-0.05, 0) is 30.2 Å². The van der Waals surface area contributed by atoms with Crippen LogP contribution in [-0.2, 0) is 16.8 Å². The van der Waals surface area contributed by atoms with Crippen LogP contribution in [0.15, 0.2) is 42.9 Å². The van der Waals surface area contributed by atoms with E-state index in [1.807, 2.05) is 36.4 Å². The fraction of sp³-hybridized carbons (Fsp3) is 0.421. The van der Waals surface area contributed by atoms with E-state index in [-0.39, 0.29) is 11.3 Å². The van der Waals surface area contributed by atoms with Crippen LogP contribution in [0.3, 0.4) is 0 Å². The molecule has 5 heteroatoms. The first-order chi connectivity index (χ1) is 11.7. The first kappa shape index (κ1) is 15.1. The van der Waals surface area contributed by atoms with Crippen LogP contribution in [0, 0.1) is 0 Å². The Bertz CT molecular complexity index is 748. The third-order valence-electron chi connectivity index (χ3n) is 5.23. The number of rotatable bonds is 3. The summed E-state index contributed by atoms with van der Waals surface area (Å²) >= 11 is 0. The molecule has 0 aliphatic carbocycles. The zero-order valence-electron chi connectivity index (χ0n) is 14.0. The number of carbonyl (C=O) groups is 1. The third kappa shape index (κ3) is 2.44. The van der Waals surface area contributed by atoms with Crippen molar-refractivity contribution in [1.82, 2.24) is 14.9 Å². The predicted molar refractivity (Wildman–Crippen MR) is 92.7 cm³/mol. The molecule has 1 saturated heterocycles. The number of aromatic nitrogens is 2. The Hall–Kier alpha value is -2.43. The van der Waals surface area contributed by atoms with Gasteiger partial charge in [-0.3, -0.25) is 14.8 Å². The smallest absolute Gasteiger partial charge is 0.222 e. The summed E-state index contributed by atoms with van der Waals surface area (Å²) in [5.41, 5.74) is 3.53. The van der Waals surface area contributed by atoms with E-state index in [0.717, 1.165) is 38.3 Å². The summed E-state index contributed by atoms with van der Waals surface area (Å²) in [5, 5.41) is 0. The molecular weight excluding hydrogens is 300 g/mol. The second-order valence-electron chi connectivity index (χ2n) is 6.79. The minimum atomic E-state index is -0.0242. The average Bonchev–Trinajstić information content (AvgIpc) is 3.19. The van der Waals surface area contributed by atoms with Crippen LogP contribution in [0.4, 0.5) is 5.69 Å². The number of amides is 1. The Morgan fingerprint density at radius 3 is 2.92 bits per heavy atom. The zero-order valence-corrected chi connectivity index (χ0v) is 14.0. The second kappa shape index (κ2) is 5.89. The van der Waals surface area contributed by atoms with Crippen molar-refractivity contribution in [2.24, 2.45) is 0 Å². The normalized spacial score (nSPS) is 22.2. The summed E-state index contributed by atoms with van der Waals surface area (Å²) in [4.78, 5) is 25.5. The number of carbonyl (C=O) groups excluding carboxylic acids is 1. The van der Waals surface area contributed by atoms with E-state index in [2.05, 4.69) is 22.0 Å². The Labute approximate surface area is 142 Å². The molecule has 2 aromatic rings. The topological polar surface area (TPSA) is 49.3 Å². The van der Waals surface area contributed by atoms with Crippen molar-refractivity contribution in [3.05, 3.63) is 54.1 Å². The van der Waals surface area contributed by atoms with E-state index in [1.54, 1.807) is 6.20 Å². The van der Waals surface area contributed by atoms with E-state index in [9.17, 15) is 4.79 Å². The molecule has 0 radical (unpaired) electrons. The molecule has 5 nitrogen and oxygen atoms in total. The van der Waals surface area contributed by atoms with Crippen LogP contribution in [0.1, 0.15) is 31.0 Å². The van der Waals surface area contributed by atoms with Crippen molar-refractivity contribution in [3.8, 4) is 0 Å². The van der Waals surface area contributed by atoms with E-state index < -0.39 is 0 Å². The maximum Gasteiger partial charge on any atom is 0.222 e. The molecule has 1 spiro atoms. The molecule has 2 aliphatic heterocycles. The van der Waals surface area contributed by atoms with Gasteiger partial charge in [0, 0.05) is 51.2 Å². The Kier molecular flexibility index (Phi) is 3.71. The molecule has 0 saturated carbocycles. The van der Waals surface area contributed by atoms with Crippen molar-refractivity contribution in [1.29, 1.82) is 0 Å². The lowest BCUT2D eigenvalue weighted by molar-refractivity contribution is -0.129.